The summed E-state index contributed by atoms with van der Waals surface area (Å²) < 4.78 is 30.7. The van der Waals surface area contributed by atoms with Crippen molar-refractivity contribution in [1.82, 2.24) is 24.6 Å². The predicted octanol–water partition coefficient (Wildman–Crippen LogP) is 2.34. The van der Waals surface area contributed by atoms with Gasteiger partial charge in [0.25, 0.3) is 0 Å². The predicted molar refractivity (Wildman–Crippen MR) is 103 cm³/mol. The monoisotopic (exact) mass is 417 g/mol. The highest BCUT2D eigenvalue weighted by Crippen LogP contribution is 2.30. The number of nitrogens with zero attached hydrogens (tertiary/aromatic N) is 5. The number of amides is 1. The number of sulfone groups is 1. The van der Waals surface area contributed by atoms with Gasteiger partial charge in [-0.15, -0.1) is 0 Å². The van der Waals surface area contributed by atoms with E-state index < -0.39 is 15.9 Å². The molecule has 1 aliphatic heterocycles. The van der Waals surface area contributed by atoms with E-state index >= 15 is 0 Å². The van der Waals surface area contributed by atoms with Crippen LogP contribution in [-0.4, -0.2) is 63.6 Å². The first-order valence-electron chi connectivity index (χ1n) is 8.97. The zero-order valence-corrected chi connectivity index (χ0v) is 16.4. The fraction of sp³-hybridized carbons (Fsp3) is 0.333. The van der Waals surface area contributed by atoms with Crippen LogP contribution in [0.15, 0.2) is 41.7 Å². The molecule has 1 aliphatic rings. The Kier molecular flexibility index (Phi) is 4.82. The zero-order valence-electron chi connectivity index (χ0n) is 15.6. The first-order chi connectivity index (χ1) is 13.8. The third-order valence-corrected chi connectivity index (χ3v) is 5.96. The second-order valence-corrected chi connectivity index (χ2v) is 8.89. The quantitative estimate of drug-likeness (QED) is 0.685. The van der Waals surface area contributed by atoms with Crippen molar-refractivity contribution >= 4 is 27.0 Å². The number of rotatable bonds is 4. The summed E-state index contributed by atoms with van der Waals surface area (Å²) in [5.74, 6) is 0.721. The molecule has 29 heavy (non-hydrogen) atoms. The van der Waals surface area contributed by atoms with Gasteiger partial charge in [0.15, 0.2) is 15.5 Å². The third-order valence-electron chi connectivity index (χ3n) is 4.83. The van der Waals surface area contributed by atoms with Crippen LogP contribution in [0.1, 0.15) is 18.9 Å². The maximum absolute atomic E-state index is 11.6. The van der Waals surface area contributed by atoms with Crippen LogP contribution in [0.5, 0.6) is 11.6 Å². The second kappa shape index (κ2) is 7.32. The van der Waals surface area contributed by atoms with Crippen molar-refractivity contribution in [1.29, 1.82) is 0 Å². The van der Waals surface area contributed by atoms with Crippen LogP contribution in [0.3, 0.4) is 0 Å². The maximum Gasteiger partial charge on any atom is 0.407 e. The van der Waals surface area contributed by atoms with Crippen LogP contribution in [0.4, 0.5) is 4.79 Å². The molecule has 4 rings (SSSR count). The SMILES string of the molecule is CS(=O)(=O)c1ccc(Oc2ncnc3c2cnn3[C@H]2CCCN(C(=O)O)C2)cc1. The normalized spacial score (nSPS) is 17.4. The van der Waals surface area contributed by atoms with Crippen molar-refractivity contribution in [2.75, 3.05) is 19.3 Å². The molecule has 0 unspecified atom stereocenters. The Bertz CT molecular complexity index is 1160. The van der Waals surface area contributed by atoms with Crippen molar-refractivity contribution in [3.63, 3.8) is 0 Å². The summed E-state index contributed by atoms with van der Waals surface area (Å²) in [7, 11) is -3.29. The van der Waals surface area contributed by atoms with E-state index in [2.05, 4.69) is 15.1 Å². The van der Waals surface area contributed by atoms with Gasteiger partial charge in [0.1, 0.15) is 17.5 Å². The van der Waals surface area contributed by atoms with Gasteiger partial charge in [0.05, 0.1) is 17.1 Å². The summed E-state index contributed by atoms with van der Waals surface area (Å²) >= 11 is 0. The highest BCUT2D eigenvalue weighted by molar-refractivity contribution is 7.90. The number of ether oxygens (including phenoxy) is 1. The molecular weight excluding hydrogens is 398 g/mol. The second-order valence-electron chi connectivity index (χ2n) is 6.88. The average molecular weight is 417 g/mol. The van der Waals surface area contributed by atoms with E-state index in [0.717, 1.165) is 19.1 Å². The van der Waals surface area contributed by atoms with Gasteiger partial charge in [-0.2, -0.15) is 5.10 Å². The van der Waals surface area contributed by atoms with Crippen molar-refractivity contribution in [2.45, 2.75) is 23.8 Å². The molecule has 0 bridgehead atoms. The number of hydrogen-bond acceptors (Lipinski definition) is 7. The average Bonchev–Trinajstić information content (AvgIpc) is 3.13. The van der Waals surface area contributed by atoms with Gasteiger partial charge in [-0.3, -0.25) is 0 Å². The molecule has 1 fully saturated rings. The number of likely N-dealkylation sites (tertiary alicyclic amines) is 1. The largest absolute Gasteiger partial charge is 0.465 e. The number of hydrogen-bond donors (Lipinski definition) is 1. The summed E-state index contributed by atoms with van der Waals surface area (Å²) in [4.78, 5) is 21.3. The molecule has 11 heteroatoms. The standard InChI is InChI=1S/C18H19N5O5S/c1-29(26,27)14-6-4-13(5-7-14)28-17-15-9-21-23(16(15)19-11-20-17)12-3-2-8-22(10-12)18(24)25/h4-7,9,11-12H,2-3,8,10H2,1H3,(H,24,25)/t12-/m0/s1. The number of carbonyl (C=O) groups is 1. The summed E-state index contributed by atoms with van der Waals surface area (Å²) in [5.41, 5.74) is 0.556. The number of fused-ring (bicyclic) bond motifs is 1. The molecule has 152 valence electrons. The topological polar surface area (TPSA) is 128 Å². The molecule has 10 nitrogen and oxygen atoms in total. The Morgan fingerprint density at radius 1 is 1.24 bits per heavy atom. The minimum Gasteiger partial charge on any atom is -0.465 e. The summed E-state index contributed by atoms with van der Waals surface area (Å²) in [6.45, 7) is 0.858. The summed E-state index contributed by atoms with van der Waals surface area (Å²) in [6, 6.07) is 5.93. The Morgan fingerprint density at radius 2 is 2.00 bits per heavy atom. The first-order valence-corrected chi connectivity index (χ1v) is 10.9. The number of piperidine rings is 1. The number of carboxylic acid groups (broad SMARTS) is 1. The van der Waals surface area contributed by atoms with Gasteiger partial charge < -0.3 is 14.7 Å². The smallest absolute Gasteiger partial charge is 0.407 e. The Labute approximate surface area is 166 Å². The Morgan fingerprint density at radius 3 is 2.69 bits per heavy atom. The minimum absolute atomic E-state index is 0.117. The van der Waals surface area contributed by atoms with Crippen molar-refractivity contribution in [3.05, 3.63) is 36.8 Å². The molecule has 0 saturated carbocycles. The van der Waals surface area contributed by atoms with Crippen molar-refractivity contribution in [3.8, 4) is 11.6 Å². The fourth-order valence-corrected chi connectivity index (χ4v) is 4.01. The van der Waals surface area contributed by atoms with Gasteiger partial charge in [0, 0.05) is 19.3 Å². The van der Waals surface area contributed by atoms with Crippen LogP contribution in [0, 0.1) is 0 Å². The molecular formula is C18H19N5O5S. The molecule has 1 saturated heterocycles. The van der Waals surface area contributed by atoms with Gasteiger partial charge >= 0.3 is 6.09 Å². The lowest BCUT2D eigenvalue weighted by Crippen LogP contribution is -2.40. The van der Waals surface area contributed by atoms with E-state index in [0.29, 0.717) is 35.8 Å². The highest BCUT2D eigenvalue weighted by Gasteiger charge is 2.27. The molecule has 1 aromatic carbocycles. The molecule has 3 aromatic rings. The van der Waals surface area contributed by atoms with Gasteiger partial charge in [-0.25, -0.2) is 27.9 Å². The first kappa shape index (κ1) is 19.1. The minimum atomic E-state index is -3.29. The van der Waals surface area contributed by atoms with Crippen LogP contribution in [-0.2, 0) is 9.84 Å². The maximum atomic E-state index is 11.6. The van der Waals surface area contributed by atoms with E-state index in [4.69, 9.17) is 4.74 Å². The van der Waals surface area contributed by atoms with Crippen molar-refractivity contribution in [2.24, 2.45) is 0 Å². The van der Waals surface area contributed by atoms with Gasteiger partial charge in [0.2, 0.25) is 5.88 Å². The molecule has 0 spiro atoms. The van der Waals surface area contributed by atoms with Crippen LogP contribution < -0.4 is 4.74 Å². The molecule has 0 aliphatic carbocycles. The number of aromatic nitrogens is 4. The molecule has 1 N–H and O–H groups in total. The van der Waals surface area contributed by atoms with E-state index in [1.807, 2.05) is 0 Å². The zero-order chi connectivity index (χ0) is 20.6. The Hall–Kier alpha value is -3.21. The number of benzene rings is 1. The molecule has 1 atom stereocenters. The van der Waals surface area contributed by atoms with Gasteiger partial charge in [-0.05, 0) is 37.1 Å². The lowest BCUT2D eigenvalue weighted by molar-refractivity contribution is 0.120. The molecule has 2 aromatic heterocycles. The fourth-order valence-electron chi connectivity index (χ4n) is 3.38. The van der Waals surface area contributed by atoms with E-state index in [-0.39, 0.29) is 10.9 Å². The highest BCUT2D eigenvalue weighted by atomic mass is 32.2. The Balaban J connectivity index is 1.62. The van der Waals surface area contributed by atoms with E-state index in [9.17, 15) is 18.3 Å². The third kappa shape index (κ3) is 3.86. The summed E-state index contributed by atoms with van der Waals surface area (Å²) in [5, 5.41) is 14.2. The molecule has 1 amide bonds. The van der Waals surface area contributed by atoms with E-state index in [1.54, 1.807) is 23.0 Å². The molecule has 3 heterocycles. The summed E-state index contributed by atoms with van der Waals surface area (Å²) in [6.07, 6.45) is 4.70. The van der Waals surface area contributed by atoms with Crippen molar-refractivity contribution < 1.29 is 23.1 Å². The van der Waals surface area contributed by atoms with Gasteiger partial charge in [-0.1, -0.05) is 0 Å². The molecule has 0 radical (unpaired) electrons. The lowest BCUT2D eigenvalue weighted by atomic mass is 10.1. The van der Waals surface area contributed by atoms with Crippen LogP contribution in [0.25, 0.3) is 11.0 Å². The van der Waals surface area contributed by atoms with Crippen LogP contribution in [0.2, 0.25) is 0 Å². The van der Waals surface area contributed by atoms with Crippen LogP contribution >= 0.6 is 0 Å². The van der Waals surface area contributed by atoms with E-state index in [1.165, 1.54) is 23.4 Å². The lowest BCUT2D eigenvalue weighted by Gasteiger charge is -2.30.